The maximum atomic E-state index is 5.75. The number of piperidine rings is 1. The number of nitrogens with two attached hydrogens (primary N) is 1. The maximum absolute atomic E-state index is 5.75. The van der Waals surface area contributed by atoms with Crippen molar-refractivity contribution >= 4 is 0 Å². The Morgan fingerprint density at radius 1 is 1.57 bits per heavy atom. The lowest BCUT2D eigenvalue weighted by Crippen LogP contribution is -2.35. The zero-order valence-electron chi connectivity index (χ0n) is 9.00. The molecule has 1 fully saturated rings. The van der Waals surface area contributed by atoms with Crippen LogP contribution in [-0.4, -0.2) is 24.5 Å². The number of allylic oxidation sites excluding steroid dienone is 1. The standard InChI is InChI=1S/C12H20N2/c1-10-3-2-6-14(8-10)9-11-4-5-12(13)7-11/h4,7,10H,2-3,5-6,8-9,13H2,1H3. The number of hydrogen-bond acceptors (Lipinski definition) is 2. The van der Waals surface area contributed by atoms with Crippen molar-refractivity contribution in [2.24, 2.45) is 11.7 Å². The lowest BCUT2D eigenvalue weighted by atomic mass is 10.00. The van der Waals surface area contributed by atoms with Gasteiger partial charge in [0.05, 0.1) is 0 Å². The average molecular weight is 192 g/mol. The summed E-state index contributed by atoms with van der Waals surface area (Å²) in [5.74, 6) is 0.868. The van der Waals surface area contributed by atoms with Crippen molar-refractivity contribution < 1.29 is 0 Å². The van der Waals surface area contributed by atoms with E-state index in [-0.39, 0.29) is 0 Å². The second kappa shape index (κ2) is 4.18. The van der Waals surface area contributed by atoms with E-state index in [0.29, 0.717) is 0 Å². The molecule has 2 rings (SSSR count). The van der Waals surface area contributed by atoms with E-state index >= 15 is 0 Å². The smallest absolute Gasteiger partial charge is 0.0231 e. The van der Waals surface area contributed by atoms with Gasteiger partial charge < -0.3 is 5.73 Å². The second-order valence-corrected chi connectivity index (χ2v) is 4.68. The third-order valence-corrected chi connectivity index (χ3v) is 3.12. The molecule has 1 atom stereocenters. The number of nitrogens with zero attached hydrogens (tertiary/aromatic N) is 1. The van der Waals surface area contributed by atoms with Crippen molar-refractivity contribution in [1.29, 1.82) is 0 Å². The van der Waals surface area contributed by atoms with E-state index in [4.69, 9.17) is 5.73 Å². The molecule has 14 heavy (non-hydrogen) atoms. The maximum Gasteiger partial charge on any atom is 0.0231 e. The molecule has 0 aromatic rings. The van der Waals surface area contributed by atoms with E-state index in [1.807, 2.05) is 0 Å². The highest BCUT2D eigenvalue weighted by Gasteiger charge is 2.17. The molecule has 2 nitrogen and oxygen atoms in total. The van der Waals surface area contributed by atoms with Crippen LogP contribution in [0.15, 0.2) is 23.4 Å². The largest absolute Gasteiger partial charge is 0.402 e. The summed E-state index contributed by atoms with van der Waals surface area (Å²) in [7, 11) is 0. The molecule has 1 unspecified atom stereocenters. The Balaban J connectivity index is 1.85. The molecular weight excluding hydrogens is 172 g/mol. The van der Waals surface area contributed by atoms with E-state index in [0.717, 1.165) is 24.6 Å². The lowest BCUT2D eigenvalue weighted by Gasteiger charge is -2.30. The van der Waals surface area contributed by atoms with Crippen LogP contribution in [0.5, 0.6) is 0 Å². The Labute approximate surface area is 86.5 Å². The molecule has 1 heterocycles. The molecule has 1 aliphatic heterocycles. The van der Waals surface area contributed by atoms with Crippen LogP contribution >= 0.6 is 0 Å². The van der Waals surface area contributed by atoms with Gasteiger partial charge in [0.1, 0.15) is 0 Å². The number of likely N-dealkylation sites (tertiary alicyclic amines) is 1. The van der Waals surface area contributed by atoms with Gasteiger partial charge in [-0.05, 0) is 37.0 Å². The van der Waals surface area contributed by atoms with E-state index in [1.165, 1.54) is 31.5 Å². The topological polar surface area (TPSA) is 29.3 Å². The molecule has 2 N–H and O–H groups in total. The van der Waals surface area contributed by atoms with Crippen molar-refractivity contribution in [3.8, 4) is 0 Å². The first kappa shape index (κ1) is 9.78. The first-order valence-electron chi connectivity index (χ1n) is 5.61. The fourth-order valence-electron chi connectivity index (χ4n) is 2.40. The van der Waals surface area contributed by atoms with Gasteiger partial charge in [-0.2, -0.15) is 0 Å². The third-order valence-electron chi connectivity index (χ3n) is 3.12. The molecule has 2 heteroatoms. The summed E-state index contributed by atoms with van der Waals surface area (Å²) < 4.78 is 0. The van der Waals surface area contributed by atoms with Gasteiger partial charge in [-0.25, -0.2) is 0 Å². The molecule has 0 saturated carbocycles. The van der Waals surface area contributed by atoms with E-state index in [9.17, 15) is 0 Å². The van der Waals surface area contributed by atoms with Gasteiger partial charge in [0.25, 0.3) is 0 Å². The second-order valence-electron chi connectivity index (χ2n) is 4.68. The molecule has 78 valence electrons. The Hall–Kier alpha value is -0.760. The molecule has 1 saturated heterocycles. The molecule has 2 aliphatic rings. The predicted octanol–water partition coefficient (Wildman–Crippen LogP) is 1.89. The Morgan fingerprint density at radius 3 is 3.07 bits per heavy atom. The van der Waals surface area contributed by atoms with Crippen LogP contribution in [-0.2, 0) is 0 Å². The molecule has 0 aromatic heterocycles. The van der Waals surface area contributed by atoms with E-state index in [2.05, 4.69) is 24.0 Å². The first-order valence-corrected chi connectivity index (χ1v) is 5.61. The van der Waals surface area contributed by atoms with Crippen LogP contribution in [0.1, 0.15) is 26.2 Å². The minimum atomic E-state index is 0.868. The van der Waals surface area contributed by atoms with E-state index < -0.39 is 0 Å². The van der Waals surface area contributed by atoms with Crippen LogP contribution in [0, 0.1) is 5.92 Å². The predicted molar refractivity (Wildman–Crippen MR) is 59.8 cm³/mol. The van der Waals surface area contributed by atoms with Gasteiger partial charge in [-0.15, -0.1) is 0 Å². The summed E-state index contributed by atoms with van der Waals surface area (Å²) in [6.07, 6.45) is 8.10. The van der Waals surface area contributed by atoms with Crippen LogP contribution in [0.4, 0.5) is 0 Å². The molecule has 0 bridgehead atoms. The minimum absolute atomic E-state index is 0.868. The Kier molecular flexibility index (Phi) is 2.92. The molecule has 0 aromatic carbocycles. The summed E-state index contributed by atoms with van der Waals surface area (Å²) in [6.45, 7) is 5.96. The number of rotatable bonds is 2. The van der Waals surface area contributed by atoms with Gasteiger partial charge in [-0.3, -0.25) is 4.90 Å². The monoisotopic (exact) mass is 192 g/mol. The van der Waals surface area contributed by atoms with Gasteiger partial charge in [0, 0.05) is 25.2 Å². The molecule has 0 spiro atoms. The lowest BCUT2D eigenvalue weighted by molar-refractivity contribution is 0.199. The van der Waals surface area contributed by atoms with Gasteiger partial charge in [-0.1, -0.05) is 13.0 Å². The van der Waals surface area contributed by atoms with Crippen LogP contribution in [0.2, 0.25) is 0 Å². The fraction of sp³-hybridized carbons (Fsp3) is 0.667. The summed E-state index contributed by atoms with van der Waals surface area (Å²) in [4.78, 5) is 2.55. The minimum Gasteiger partial charge on any atom is -0.402 e. The zero-order valence-corrected chi connectivity index (χ0v) is 9.00. The quantitative estimate of drug-likeness (QED) is 0.724. The van der Waals surface area contributed by atoms with Crippen LogP contribution < -0.4 is 5.73 Å². The first-order chi connectivity index (χ1) is 6.74. The van der Waals surface area contributed by atoms with Crippen molar-refractivity contribution in [2.45, 2.75) is 26.2 Å². The van der Waals surface area contributed by atoms with E-state index in [1.54, 1.807) is 0 Å². The number of hydrogen-bond donors (Lipinski definition) is 1. The third kappa shape index (κ3) is 2.38. The summed E-state index contributed by atoms with van der Waals surface area (Å²) in [6, 6.07) is 0. The highest BCUT2D eigenvalue weighted by atomic mass is 15.1. The molecule has 0 radical (unpaired) electrons. The SMILES string of the molecule is CC1CCCN(CC2=CCC(N)=C2)C1. The molecule has 0 amide bonds. The van der Waals surface area contributed by atoms with Gasteiger partial charge in [0.15, 0.2) is 0 Å². The summed E-state index contributed by atoms with van der Waals surface area (Å²) in [5.41, 5.74) is 8.18. The average Bonchev–Trinajstić information content (AvgIpc) is 2.51. The zero-order chi connectivity index (χ0) is 9.97. The van der Waals surface area contributed by atoms with Crippen molar-refractivity contribution in [3.05, 3.63) is 23.4 Å². The highest BCUT2D eigenvalue weighted by Crippen LogP contribution is 2.19. The van der Waals surface area contributed by atoms with Crippen LogP contribution in [0.3, 0.4) is 0 Å². The Morgan fingerprint density at radius 2 is 2.43 bits per heavy atom. The molecule has 1 aliphatic carbocycles. The normalized spacial score (nSPS) is 28.8. The van der Waals surface area contributed by atoms with Crippen LogP contribution in [0.25, 0.3) is 0 Å². The van der Waals surface area contributed by atoms with Crippen molar-refractivity contribution in [2.75, 3.05) is 19.6 Å². The van der Waals surface area contributed by atoms with Gasteiger partial charge in [0.2, 0.25) is 0 Å². The molecular formula is C12H20N2. The summed E-state index contributed by atoms with van der Waals surface area (Å²) >= 11 is 0. The van der Waals surface area contributed by atoms with Crippen molar-refractivity contribution in [1.82, 2.24) is 4.90 Å². The highest BCUT2D eigenvalue weighted by molar-refractivity contribution is 5.32. The van der Waals surface area contributed by atoms with Gasteiger partial charge >= 0.3 is 0 Å². The summed E-state index contributed by atoms with van der Waals surface area (Å²) in [5, 5.41) is 0. The fourth-order valence-corrected chi connectivity index (χ4v) is 2.40. The van der Waals surface area contributed by atoms with Crippen molar-refractivity contribution in [3.63, 3.8) is 0 Å². The Bertz CT molecular complexity index is 265.